The van der Waals surface area contributed by atoms with Crippen LogP contribution < -0.4 is 5.14 Å². The quantitative estimate of drug-likeness (QED) is 0.826. The number of benzene rings is 1. The fourth-order valence-electron chi connectivity index (χ4n) is 2.53. The molecule has 116 valence electrons. The molecule has 2 atom stereocenters. The van der Waals surface area contributed by atoms with E-state index in [1.807, 2.05) is 0 Å². The Morgan fingerprint density at radius 3 is 2.48 bits per heavy atom. The number of hydrogen-bond acceptors (Lipinski definition) is 4. The Kier molecular flexibility index (Phi) is 4.88. The number of aliphatic hydroxyl groups excluding tert-OH is 1. The molecule has 6 nitrogen and oxygen atoms in total. The molecule has 1 aromatic carbocycles. The van der Waals surface area contributed by atoms with Crippen LogP contribution in [0.2, 0.25) is 5.02 Å². The fraction of sp³-hybridized carbons (Fsp3) is 0.462. The summed E-state index contributed by atoms with van der Waals surface area (Å²) < 4.78 is 22.8. The highest BCUT2D eigenvalue weighted by Gasteiger charge is 2.39. The highest BCUT2D eigenvalue weighted by Crippen LogP contribution is 2.31. The second-order valence-corrected chi connectivity index (χ2v) is 7.32. The first-order valence-electron chi connectivity index (χ1n) is 6.50. The predicted octanol–water partition coefficient (Wildman–Crippen LogP) is 0.653. The summed E-state index contributed by atoms with van der Waals surface area (Å²) >= 11 is 5.84. The van der Waals surface area contributed by atoms with Gasteiger partial charge in [-0.2, -0.15) is 0 Å². The smallest absolute Gasteiger partial charge is 0.224 e. The van der Waals surface area contributed by atoms with Crippen LogP contribution in [0.1, 0.15) is 24.4 Å². The van der Waals surface area contributed by atoms with Crippen molar-refractivity contribution in [3.05, 3.63) is 34.9 Å². The van der Waals surface area contributed by atoms with E-state index in [1.54, 1.807) is 24.3 Å². The van der Waals surface area contributed by atoms with Crippen molar-refractivity contribution >= 4 is 27.5 Å². The molecule has 1 fully saturated rings. The molecule has 1 aromatic rings. The summed E-state index contributed by atoms with van der Waals surface area (Å²) in [5.41, 5.74) is 0.803. The first kappa shape index (κ1) is 16.2. The number of aliphatic hydroxyl groups is 1. The van der Waals surface area contributed by atoms with Crippen LogP contribution in [0.5, 0.6) is 0 Å². The molecule has 2 unspecified atom stereocenters. The molecule has 1 saturated heterocycles. The van der Waals surface area contributed by atoms with E-state index in [0.29, 0.717) is 11.4 Å². The average Bonchev–Trinajstić information content (AvgIpc) is 2.79. The summed E-state index contributed by atoms with van der Waals surface area (Å²) in [6.07, 6.45) is 0.207. The minimum Gasteiger partial charge on any atom is -0.396 e. The number of nitrogens with two attached hydrogens (primary N) is 1. The van der Waals surface area contributed by atoms with E-state index in [9.17, 15) is 18.3 Å². The summed E-state index contributed by atoms with van der Waals surface area (Å²) in [6, 6.07) is 6.53. The molecule has 1 aliphatic rings. The Morgan fingerprint density at radius 1 is 1.38 bits per heavy atom. The lowest BCUT2D eigenvalue weighted by Crippen LogP contribution is -2.34. The van der Waals surface area contributed by atoms with Gasteiger partial charge in [0.15, 0.2) is 0 Å². The summed E-state index contributed by atoms with van der Waals surface area (Å²) in [5.74, 6) is -0.276. The van der Waals surface area contributed by atoms with Crippen LogP contribution >= 0.6 is 11.6 Å². The SMILES string of the molecule is NS(=O)(=O)C1CC(=O)N(C(CCO)c2ccc(Cl)cc2)C1. The lowest BCUT2D eigenvalue weighted by Gasteiger charge is -2.28. The number of sulfonamides is 1. The van der Waals surface area contributed by atoms with Crippen molar-refractivity contribution in [2.45, 2.75) is 24.1 Å². The largest absolute Gasteiger partial charge is 0.396 e. The highest BCUT2D eigenvalue weighted by atomic mass is 35.5. The molecule has 0 bridgehead atoms. The second-order valence-electron chi connectivity index (χ2n) is 5.04. The Hall–Kier alpha value is -1.15. The molecule has 0 saturated carbocycles. The van der Waals surface area contributed by atoms with Gasteiger partial charge in [0.1, 0.15) is 5.25 Å². The number of carbonyl (C=O) groups excluding carboxylic acids is 1. The summed E-state index contributed by atoms with van der Waals surface area (Å²) in [7, 11) is -3.75. The summed E-state index contributed by atoms with van der Waals surface area (Å²) in [5, 5.41) is 14.0. The third-order valence-corrected chi connectivity index (χ3v) is 5.12. The molecule has 1 aliphatic heterocycles. The fourth-order valence-corrected chi connectivity index (χ4v) is 3.40. The number of hydrogen-bond donors (Lipinski definition) is 2. The molecule has 1 heterocycles. The van der Waals surface area contributed by atoms with Gasteiger partial charge in [0.25, 0.3) is 0 Å². The van der Waals surface area contributed by atoms with Gasteiger partial charge >= 0.3 is 0 Å². The van der Waals surface area contributed by atoms with Crippen molar-refractivity contribution in [1.29, 1.82) is 0 Å². The Labute approximate surface area is 128 Å². The van der Waals surface area contributed by atoms with Crippen molar-refractivity contribution in [3.63, 3.8) is 0 Å². The third kappa shape index (κ3) is 3.74. The monoisotopic (exact) mass is 332 g/mol. The number of carbonyl (C=O) groups is 1. The third-order valence-electron chi connectivity index (χ3n) is 3.62. The topological polar surface area (TPSA) is 101 Å². The van der Waals surface area contributed by atoms with Gasteiger partial charge in [0.05, 0.1) is 6.04 Å². The van der Waals surface area contributed by atoms with Crippen LogP contribution in [0.3, 0.4) is 0 Å². The van der Waals surface area contributed by atoms with Gasteiger partial charge in [-0.05, 0) is 24.1 Å². The lowest BCUT2D eigenvalue weighted by atomic mass is 10.0. The van der Waals surface area contributed by atoms with E-state index in [0.717, 1.165) is 5.56 Å². The molecule has 8 heteroatoms. The van der Waals surface area contributed by atoms with E-state index >= 15 is 0 Å². The van der Waals surface area contributed by atoms with Gasteiger partial charge in [0, 0.05) is 24.6 Å². The Balaban J connectivity index is 2.26. The number of primary sulfonamides is 1. The second kappa shape index (κ2) is 6.31. The van der Waals surface area contributed by atoms with E-state index < -0.39 is 15.3 Å². The zero-order valence-electron chi connectivity index (χ0n) is 11.3. The van der Waals surface area contributed by atoms with E-state index in [2.05, 4.69) is 0 Å². The van der Waals surface area contributed by atoms with Gasteiger partial charge in [0.2, 0.25) is 15.9 Å². The van der Waals surface area contributed by atoms with Gasteiger partial charge < -0.3 is 10.0 Å². The Morgan fingerprint density at radius 2 is 2.00 bits per heavy atom. The van der Waals surface area contributed by atoms with Crippen LogP contribution in [0.4, 0.5) is 0 Å². The molecule has 3 N–H and O–H groups in total. The summed E-state index contributed by atoms with van der Waals surface area (Å²) in [4.78, 5) is 13.6. The van der Waals surface area contributed by atoms with Crippen LogP contribution in [0.15, 0.2) is 24.3 Å². The Bertz CT molecular complexity index is 618. The van der Waals surface area contributed by atoms with E-state index in [4.69, 9.17) is 16.7 Å². The first-order valence-corrected chi connectivity index (χ1v) is 8.49. The predicted molar refractivity (Wildman–Crippen MR) is 79.1 cm³/mol. The standard InChI is InChI=1S/C13H17ClN2O4S/c14-10-3-1-9(2-4-10)12(5-6-17)16-8-11(7-13(16)18)21(15,19)20/h1-4,11-12,17H,5-8H2,(H2,15,19,20). The maximum Gasteiger partial charge on any atom is 0.224 e. The highest BCUT2D eigenvalue weighted by molar-refractivity contribution is 7.89. The minimum absolute atomic E-state index is 0.0466. The van der Waals surface area contributed by atoms with Crippen LogP contribution in [0.25, 0.3) is 0 Å². The van der Waals surface area contributed by atoms with Gasteiger partial charge in [-0.15, -0.1) is 0 Å². The number of likely N-dealkylation sites (tertiary alicyclic amines) is 1. The van der Waals surface area contributed by atoms with Crippen LogP contribution in [-0.4, -0.2) is 42.7 Å². The molecule has 0 radical (unpaired) electrons. The summed E-state index contributed by atoms with van der Waals surface area (Å²) in [6.45, 7) is -0.0674. The van der Waals surface area contributed by atoms with Crippen molar-refractivity contribution in [2.24, 2.45) is 5.14 Å². The maximum atomic E-state index is 12.1. The molecule has 0 aliphatic carbocycles. The molecule has 0 aromatic heterocycles. The van der Waals surface area contributed by atoms with Gasteiger partial charge in [-0.1, -0.05) is 23.7 Å². The number of rotatable bonds is 5. The van der Waals surface area contributed by atoms with E-state index in [-0.39, 0.29) is 31.5 Å². The molecule has 21 heavy (non-hydrogen) atoms. The minimum atomic E-state index is -3.75. The van der Waals surface area contributed by atoms with Gasteiger partial charge in [-0.3, -0.25) is 4.79 Å². The van der Waals surface area contributed by atoms with Crippen molar-refractivity contribution in [3.8, 4) is 0 Å². The zero-order chi connectivity index (χ0) is 15.6. The van der Waals surface area contributed by atoms with Crippen LogP contribution in [0, 0.1) is 0 Å². The lowest BCUT2D eigenvalue weighted by molar-refractivity contribution is -0.130. The molecule has 0 spiro atoms. The van der Waals surface area contributed by atoms with Crippen LogP contribution in [-0.2, 0) is 14.8 Å². The number of nitrogens with zero attached hydrogens (tertiary/aromatic N) is 1. The van der Waals surface area contributed by atoms with Crippen molar-refractivity contribution in [1.82, 2.24) is 4.90 Å². The van der Waals surface area contributed by atoms with Crippen molar-refractivity contribution < 1.29 is 18.3 Å². The molecular weight excluding hydrogens is 316 g/mol. The van der Waals surface area contributed by atoms with E-state index in [1.165, 1.54) is 4.90 Å². The van der Waals surface area contributed by atoms with Gasteiger partial charge in [-0.25, -0.2) is 13.6 Å². The normalized spacial score (nSPS) is 20.8. The molecule has 2 rings (SSSR count). The number of halogens is 1. The molecular formula is C13H17ClN2O4S. The maximum absolute atomic E-state index is 12.1. The first-order chi connectivity index (χ1) is 9.82. The molecule has 1 amide bonds. The zero-order valence-corrected chi connectivity index (χ0v) is 12.8. The average molecular weight is 333 g/mol. The van der Waals surface area contributed by atoms with Crippen molar-refractivity contribution in [2.75, 3.05) is 13.2 Å². The number of amides is 1.